The number of ether oxygens (including phenoxy) is 1. The maximum absolute atomic E-state index is 13.0. The lowest BCUT2D eigenvalue weighted by atomic mass is 9.85. The minimum Gasteiger partial charge on any atom is -0.448 e. The van der Waals surface area contributed by atoms with Crippen LogP contribution in [0.2, 0.25) is 0 Å². The SMILES string of the molecule is CCc1c(C(C)(C)C)coc1NC(=O)C1CCCCN1C(=O)OC(C)(C)C. The summed E-state index contributed by atoms with van der Waals surface area (Å²) >= 11 is 0. The molecule has 152 valence electrons. The van der Waals surface area contributed by atoms with Gasteiger partial charge in [0.2, 0.25) is 11.8 Å². The van der Waals surface area contributed by atoms with Crippen molar-refractivity contribution in [1.29, 1.82) is 0 Å². The van der Waals surface area contributed by atoms with Crippen LogP contribution in [-0.4, -0.2) is 35.1 Å². The molecule has 1 aromatic rings. The van der Waals surface area contributed by atoms with Crippen molar-refractivity contribution >= 4 is 17.9 Å². The summed E-state index contributed by atoms with van der Waals surface area (Å²) < 4.78 is 11.2. The second-order valence-electron chi connectivity index (χ2n) is 9.24. The van der Waals surface area contributed by atoms with Crippen LogP contribution in [0.25, 0.3) is 0 Å². The van der Waals surface area contributed by atoms with E-state index in [1.165, 1.54) is 0 Å². The van der Waals surface area contributed by atoms with E-state index in [0.717, 1.165) is 30.4 Å². The molecular weight excluding hydrogens is 344 g/mol. The van der Waals surface area contributed by atoms with E-state index in [2.05, 4.69) is 26.1 Å². The maximum atomic E-state index is 13.0. The molecule has 0 bridgehead atoms. The third-order valence-corrected chi connectivity index (χ3v) is 4.73. The van der Waals surface area contributed by atoms with Crippen molar-refractivity contribution in [3.63, 3.8) is 0 Å². The topological polar surface area (TPSA) is 71.8 Å². The lowest BCUT2D eigenvalue weighted by Crippen LogP contribution is -2.51. The molecular formula is C21H34N2O4. The van der Waals surface area contributed by atoms with E-state index in [1.807, 2.05) is 27.7 Å². The average molecular weight is 379 g/mol. The van der Waals surface area contributed by atoms with Crippen molar-refractivity contribution in [2.24, 2.45) is 0 Å². The summed E-state index contributed by atoms with van der Waals surface area (Å²) in [6.45, 7) is 14.4. The van der Waals surface area contributed by atoms with Gasteiger partial charge in [-0.2, -0.15) is 0 Å². The monoisotopic (exact) mass is 378 g/mol. The second kappa shape index (κ2) is 7.95. The molecule has 1 N–H and O–H groups in total. The molecule has 0 spiro atoms. The molecule has 6 heteroatoms. The molecule has 0 aromatic carbocycles. The number of furan rings is 1. The summed E-state index contributed by atoms with van der Waals surface area (Å²) in [7, 11) is 0. The van der Waals surface area contributed by atoms with Crippen LogP contribution >= 0.6 is 0 Å². The number of hydrogen-bond donors (Lipinski definition) is 1. The van der Waals surface area contributed by atoms with E-state index in [1.54, 1.807) is 11.2 Å². The zero-order valence-corrected chi connectivity index (χ0v) is 17.8. The van der Waals surface area contributed by atoms with Crippen molar-refractivity contribution in [2.75, 3.05) is 11.9 Å². The number of hydrogen-bond acceptors (Lipinski definition) is 4. The minimum absolute atomic E-state index is 0.0643. The molecule has 1 atom stereocenters. The Morgan fingerprint density at radius 2 is 1.89 bits per heavy atom. The van der Waals surface area contributed by atoms with E-state index in [0.29, 0.717) is 18.8 Å². The van der Waals surface area contributed by atoms with E-state index >= 15 is 0 Å². The predicted molar refractivity (Wildman–Crippen MR) is 106 cm³/mol. The van der Waals surface area contributed by atoms with Crippen LogP contribution in [-0.2, 0) is 21.4 Å². The van der Waals surface area contributed by atoms with Crippen LogP contribution in [0.3, 0.4) is 0 Å². The number of carbonyl (C=O) groups is 2. The third kappa shape index (κ3) is 5.27. The van der Waals surface area contributed by atoms with Gasteiger partial charge in [-0.3, -0.25) is 15.0 Å². The van der Waals surface area contributed by atoms with Crippen LogP contribution in [0.4, 0.5) is 10.7 Å². The first kappa shape index (κ1) is 21.3. The highest BCUT2D eigenvalue weighted by Gasteiger charge is 2.35. The maximum Gasteiger partial charge on any atom is 0.410 e. The Labute approximate surface area is 162 Å². The Bertz CT molecular complexity index is 679. The Balaban J connectivity index is 2.18. The predicted octanol–water partition coefficient (Wildman–Crippen LogP) is 4.87. The quantitative estimate of drug-likeness (QED) is 0.815. The Hall–Kier alpha value is -1.98. The summed E-state index contributed by atoms with van der Waals surface area (Å²) in [4.78, 5) is 27.0. The van der Waals surface area contributed by atoms with Gasteiger partial charge in [-0.15, -0.1) is 0 Å². The lowest BCUT2D eigenvalue weighted by molar-refractivity contribution is -0.122. The molecule has 0 radical (unpaired) electrons. The first-order valence-electron chi connectivity index (χ1n) is 9.85. The van der Waals surface area contributed by atoms with Gasteiger partial charge >= 0.3 is 6.09 Å². The van der Waals surface area contributed by atoms with Crippen molar-refractivity contribution in [3.8, 4) is 0 Å². The van der Waals surface area contributed by atoms with Gasteiger partial charge in [0.1, 0.15) is 11.6 Å². The number of nitrogens with zero attached hydrogens (tertiary/aromatic N) is 1. The average Bonchev–Trinajstić information content (AvgIpc) is 2.96. The van der Waals surface area contributed by atoms with Gasteiger partial charge in [0.15, 0.2) is 0 Å². The fraction of sp³-hybridized carbons (Fsp3) is 0.714. The number of amides is 2. The Morgan fingerprint density at radius 3 is 2.44 bits per heavy atom. The van der Waals surface area contributed by atoms with E-state index in [4.69, 9.17) is 9.15 Å². The van der Waals surface area contributed by atoms with Crippen molar-refractivity contribution in [3.05, 3.63) is 17.4 Å². The Morgan fingerprint density at radius 1 is 1.22 bits per heavy atom. The number of carbonyl (C=O) groups excluding carboxylic acids is 2. The van der Waals surface area contributed by atoms with E-state index in [9.17, 15) is 9.59 Å². The van der Waals surface area contributed by atoms with Crippen molar-refractivity contribution in [1.82, 2.24) is 4.90 Å². The van der Waals surface area contributed by atoms with Crippen LogP contribution in [0.1, 0.15) is 78.9 Å². The number of likely N-dealkylation sites (tertiary alicyclic amines) is 1. The van der Waals surface area contributed by atoms with Crippen LogP contribution < -0.4 is 5.32 Å². The summed E-state index contributed by atoms with van der Waals surface area (Å²) in [5.41, 5.74) is 1.45. The second-order valence-corrected chi connectivity index (χ2v) is 9.24. The van der Waals surface area contributed by atoms with Gasteiger partial charge in [0, 0.05) is 17.7 Å². The Kier molecular flexibility index (Phi) is 6.28. The smallest absolute Gasteiger partial charge is 0.410 e. The molecule has 2 amide bonds. The normalized spacial score (nSPS) is 18.3. The molecule has 1 saturated heterocycles. The van der Waals surface area contributed by atoms with Gasteiger partial charge in [-0.25, -0.2) is 4.79 Å². The van der Waals surface area contributed by atoms with Crippen molar-refractivity contribution in [2.45, 2.75) is 91.2 Å². The lowest BCUT2D eigenvalue weighted by Gasteiger charge is -2.35. The largest absolute Gasteiger partial charge is 0.448 e. The molecule has 0 saturated carbocycles. The van der Waals surface area contributed by atoms with Crippen LogP contribution in [0.15, 0.2) is 10.7 Å². The molecule has 1 aliphatic heterocycles. The summed E-state index contributed by atoms with van der Waals surface area (Å²) in [5.74, 6) is 0.271. The molecule has 6 nitrogen and oxygen atoms in total. The summed E-state index contributed by atoms with van der Waals surface area (Å²) in [6, 6.07) is -0.540. The first-order valence-corrected chi connectivity index (χ1v) is 9.85. The molecule has 1 unspecified atom stereocenters. The standard InChI is InChI=1S/C21H34N2O4/c1-8-14-15(20(2,3)4)13-26-18(14)22-17(24)16-11-9-10-12-23(16)19(25)27-21(5,6)7/h13,16H,8-12H2,1-7H3,(H,22,24). The molecule has 2 rings (SSSR count). The molecule has 2 heterocycles. The van der Waals surface area contributed by atoms with Gasteiger partial charge < -0.3 is 9.15 Å². The minimum atomic E-state index is -0.590. The summed E-state index contributed by atoms with van der Waals surface area (Å²) in [5, 5.41) is 2.92. The third-order valence-electron chi connectivity index (χ3n) is 4.73. The first-order chi connectivity index (χ1) is 12.4. The van der Waals surface area contributed by atoms with Crippen LogP contribution in [0.5, 0.6) is 0 Å². The molecule has 0 aliphatic carbocycles. The van der Waals surface area contributed by atoms with E-state index < -0.39 is 17.7 Å². The molecule has 1 fully saturated rings. The van der Waals surface area contributed by atoms with Gasteiger partial charge in [-0.1, -0.05) is 27.7 Å². The highest BCUT2D eigenvalue weighted by atomic mass is 16.6. The zero-order chi connectivity index (χ0) is 20.4. The van der Waals surface area contributed by atoms with Crippen LogP contribution in [0, 0.1) is 0 Å². The van der Waals surface area contributed by atoms with Crippen molar-refractivity contribution < 1.29 is 18.7 Å². The highest BCUT2D eigenvalue weighted by molar-refractivity contribution is 5.96. The van der Waals surface area contributed by atoms with E-state index in [-0.39, 0.29) is 11.3 Å². The summed E-state index contributed by atoms with van der Waals surface area (Å²) in [6.07, 6.45) is 4.45. The zero-order valence-electron chi connectivity index (χ0n) is 17.8. The highest BCUT2D eigenvalue weighted by Crippen LogP contribution is 2.33. The van der Waals surface area contributed by atoms with Gasteiger partial charge in [-0.05, 0) is 51.9 Å². The fourth-order valence-electron chi connectivity index (χ4n) is 3.41. The fourth-order valence-corrected chi connectivity index (χ4v) is 3.41. The molecule has 27 heavy (non-hydrogen) atoms. The van der Waals surface area contributed by atoms with Gasteiger partial charge in [0.05, 0.1) is 6.26 Å². The number of nitrogens with one attached hydrogen (secondary N) is 1. The number of rotatable bonds is 3. The van der Waals surface area contributed by atoms with Gasteiger partial charge in [0.25, 0.3) is 0 Å². The number of anilines is 1. The molecule has 1 aliphatic rings. The number of piperidine rings is 1. The molecule has 1 aromatic heterocycles.